The highest BCUT2D eigenvalue weighted by Crippen LogP contribution is 2.25. The van der Waals surface area contributed by atoms with Crippen LogP contribution in [0, 0.1) is 5.82 Å². The first-order valence-electron chi connectivity index (χ1n) is 6.90. The Hall–Kier alpha value is -1.87. The molecule has 0 radical (unpaired) electrons. The number of phenols is 1. The van der Waals surface area contributed by atoms with E-state index in [-0.39, 0.29) is 17.6 Å². The standard InChI is InChI=1S/C17H20FNO/c1-3-13-6-4-5-7-14(13)11-19-12(2)16-10-15(18)8-9-17(16)20/h4-10,12,19-20H,3,11H2,1-2H3. The van der Waals surface area contributed by atoms with Crippen molar-refractivity contribution in [2.75, 3.05) is 0 Å². The van der Waals surface area contributed by atoms with Gasteiger partial charge >= 0.3 is 0 Å². The van der Waals surface area contributed by atoms with Gasteiger partial charge in [-0.2, -0.15) is 0 Å². The van der Waals surface area contributed by atoms with E-state index in [1.807, 2.05) is 19.1 Å². The molecule has 2 nitrogen and oxygen atoms in total. The van der Waals surface area contributed by atoms with Gasteiger partial charge in [0, 0.05) is 18.2 Å². The van der Waals surface area contributed by atoms with Crippen LogP contribution >= 0.6 is 0 Å². The fourth-order valence-electron chi connectivity index (χ4n) is 2.32. The third-order valence-corrected chi connectivity index (χ3v) is 3.55. The van der Waals surface area contributed by atoms with E-state index in [1.54, 1.807) is 0 Å². The number of nitrogens with one attached hydrogen (secondary N) is 1. The molecule has 0 heterocycles. The van der Waals surface area contributed by atoms with Crippen molar-refractivity contribution in [3.63, 3.8) is 0 Å². The lowest BCUT2D eigenvalue weighted by atomic mass is 10.0. The van der Waals surface area contributed by atoms with E-state index >= 15 is 0 Å². The number of aromatic hydroxyl groups is 1. The Balaban J connectivity index is 2.08. The molecule has 0 aliphatic carbocycles. The molecule has 3 heteroatoms. The van der Waals surface area contributed by atoms with Gasteiger partial charge in [-0.1, -0.05) is 31.2 Å². The van der Waals surface area contributed by atoms with Crippen LogP contribution in [-0.4, -0.2) is 5.11 Å². The first-order valence-corrected chi connectivity index (χ1v) is 6.90. The third-order valence-electron chi connectivity index (χ3n) is 3.55. The van der Waals surface area contributed by atoms with Crippen molar-refractivity contribution >= 4 is 0 Å². The molecular formula is C17H20FNO. The van der Waals surface area contributed by atoms with E-state index in [0.29, 0.717) is 12.1 Å². The molecule has 2 aromatic rings. The number of benzene rings is 2. The summed E-state index contributed by atoms with van der Waals surface area (Å²) in [5.74, 6) is -0.212. The van der Waals surface area contributed by atoms with E-state index in [1.165, 1.54) is 29.3 Å². The summed E-state index contributed by atoms with van der Waals surface area (Å²) in [6.45, 7) is 4.74. The van der Waals surface area contributed by atoms with Crippen LogP contribution in [-0.2, 0) is 13.0 Å². The number of phenolic OH excluding ortho intramolecular Hbond substituents is 1. The van der Waals surface area contributed by atoms with Gasteiger partial charge in [-0.15, -0.1) is 0 Å². The van der Waals surface area contributed by atoms with Crippen LogP contribution in [0.3, 0.4) is 0 Å². The van der Waals surface area contributed by atoms with Gasteiger partial charge in [0.15, 0.2) is 0 Å². The Morgan fingerprint density at radius 2 is 1.85 bits per heavy atom. The molecule has 0 aliphatic heterocycles. The zero-order valence-corrected chi connectivity index (χ0v) is 11.9. The second-order valence-electron chi connectivity index (χ2n) is 4.93. The SMILES string of the molecule is CCc1ccccc1CNC(C)c1cc(F)ccc1O. The van der Waals surface area contributed by atoms with E-state index < -0.39 is 0 Å². The van der Waals surface area contributed by atoms with Crippen LogP contribution in [0.5, 0.6) is 5.75 Å². The van der Waals surface area contributed by atoms with Crippen LogP contribution < -0.4 is 5.32 Å². The summed E-state index contributed by atoms with van der Waals surface area (Å²) in [5.41, 5.74) is 3.12. The average Bonchev–Trinajstić information content (AvgIpc) is 2.47. The molecule has 0 aromatic heterocycles. The molecule has 106 valence electrons. The molecule has 0 saturated heterocycles. The van der Waals surface area contributed by atoms with Crippen LogP contribution in [0.4, 0.5) is 4.39 Å². The van der Waals surface area contributed by atoms with Crippen molar-refractivity contribution < 1.29 is 9.50 Å². The maximum absolute atomic E-state index is 13.3. The molecule has 0 amide bonds. The molecule has 2 N–H and O–H groups in total. The van der Waals surface area contributed by atoms with Crippen LogP contribution in [0.2, 0.25) is 0 Å². The summed E-state index contributed by atoms with van der Waals surface area (Å²) >= 11 is 0. The van der Waals surface area contributed by atoms with E-state index in [0.717, 1.165) is 6.42 Å². The van der Waals surface area contributed by atoms with Crippen LogP contribution in [0.15, 0.2) is 42.5 Å². The minimum absolute atomic E-state index is 0.115. The summed E-state index contributed by atoms with van der Waals surface area (Å²) in [6.07, 6.45) is 0.984. The molecule has 1 atom stereocenters. The van der Waals surface area contributed by atoms with Gasteiger partial charge in [-0.3, -0.25) is 0 Å². The normalized spacial score (nSPS) is 12.3. The van der Waals surface area contributed by atoms with Crippen molar-refractivity contribution in [3.05, 3.63) is 65.0 Å². The lowest BCUT2D eigenvalue weighted by molar-refractivity contribution is 0.449. The first-order chi connectivity index (χ1) is 9.61. The van der Waals surface area contributed by atoms with Gasteiger partial charge in [-0.05, 0) is 42.7 Å². The molecule has 2 rings (SSSR count). The van der Waals surface area contributed by atoms with Gasteiger partial charge in [0.05, 0.1) is 0 Å². The maximum atomic E-state index is 13.3. The predicted molar refractivity (Wildman–Crippen MR) is 79.1 cm³/mol. The quantitative estimate of drug-likeness (QED) is 0.864. The minimum Gasteiger partial charge on any atom is -0.508 e. The number of aryl methyl sites for hydroxylation is 1. The average molecular weight is 273 g/mol. The van der Waals surface area contributed by atoms with Gasteiger partial charge in [-0.25, -0.2) is 4.39 Å². The largest absolute Gasteiger partial charge is 0.508 e. The van der Waals surface area contributed by atoms with E-state index in [2.05, 4.69) is 24.4 Å². The minimum atomic E-state index is -0.333. The van der Waals surface area contributed by atoms with Crippen molar-refractivity contribution in [1.82, 2.24) is 5.32 Å². The lowest BCUT2D eigenvalue weighted by Gasteiger charge is -2.17. The highest BCUT2D eigenvalue weighted by molar-refractivity contribution is 5.35. The Kier molecular flexibility index (Phi) is 4.74. The fraction of sp³-hybridized carbons (Fsp3) is 0.294. The second kappa shape index (κ2) is 6.53. The summed E-state index contributed by atoms with van der Waals surface area (Å²) in [6, 6.07) is 12.2. The first kappa shape index (κ1) is 14.5. The molecule has 20 heavy (non-hydrogen) atoms. The maximum Gasteiger partial charge on any atom is 0.123 e. The van der Waals surface area contributed by atoms with Gasteiger partial charge in [0.1, 0.15) is 11.6 Å². The van der Waals surface area contributed by atoms with Crippen molar-refractivity contribution in [3.8, 4) is 5.75 Å². The Morgan fingerprint density at radius 1 is 1.15 bits per heavy atom. The second-order valence-corrected chi connectivity index (χ2v) is 4.93. The molecule has 0 fully saturated rings. The summed E-state index contributed by atoms with van der Waals surface area (Å²) in [4.78, 5) is 0. The summed E-state index contributed by atoms with van der Waals surface area (Å²) in [5, 5.41) is 13.1. The molecule has 2 aromatic carbocycles. The zero-order chi connectivity index (χ0) is 14.5. The van der Waals surface area contributed by atoms with Crippen molar-refractivity contribution in [1.29, 1.82) is 0 Å². The molecule has 0 bridgehead atoms. The lowest BCUT2D eigenvalue weighted by Crippen LogP contribution is -2.19. The molecule has 0 aliphatic rings. The Morgan fingerprint density at radius 3 is 2.55 bits per heavy atom. The predicted octanol–water partition coefficient (Wildman–Crippen LogP) is 3.94. The van der Waals surface area contributed by atoms with E-state index in [9.17, 15) is 9.50 Å². The highest BCUT2D eigenvalue weighted by Gasteiger charge is 2.11. The fourth-order valence-corrected chi connectivity index (χ4v) is 2.32. The van der Waals surface area contributed by atoms with Crippen molar-refractivity contribution in [2.45, 2.75) is 32.9 Å². The number of halogens is 1. The van der Waals surface area contributed by atoms with Crippen LogP contribution in [0.1, 0.15) is 36.6 Å². The molecule has 0 spiro atoms. The Labute approximate surface area is 119 Å². The van der Waals surface area contributed by atoms with Gasteiger partial charge in [0.2, 0.25) is 0 Å². The van der Waals surface area contributed by atoms with E-state index in [4.69, 9.17) is 0 Å². The third kappa shape index (κ3) is 3.36. The van der Waals surface area contributed by atoms with Gasteiger partial charge in [0.25, 0.3) is 0 Å². The van der Waals surface area contributed by atoms with Gasteiger partial charge < -0.3 is 10.4 Å². The molecule has 1 unspecified atom stereocenters. The number of hydrogen-bond donors (Lipinski definition) is 2. The van der Waals surface area contributed by atoms with Crippen molar-refractivity contribution in [2.24, 2.45) is 0 Å². The molecular weight excluding hydrogens is 253 g/mol. The zero-order valence-electron chi connectivity index (χ0n) is 11.9. The smallest absolute Gasteiger partial charge is 0.123 e. The number of rotatable bonds is 5. The Bertz CT molecular complexity index is 583. The highest BCUT2D eigenvalue weighted by atomic mass is 19.1. The topological polar surface area (TPSA) is 32.3 Å². The molecule has 0 saturated carbocycles. The summed E-state index contributed by atoms with van der Waals surface area (Å²) < 4.78 is 13.3. The summed E-state index contributed by atoms with van der Waals surface area (Å²) in [7, 11) is 0. The monoisotopic (exact) mass is 273 g/mol. The number of hydrogen-bond acceptors (Lipinski definition) is 2. The van der Waals surface area contributed by atoms with Crippen LogP contribution in [0.25, 0.3) is 0 Å².